The Labute approximate surface area is 178 Å². The van der Waals surface area contributed by atoms with Crippen LogP contribution in [0.4, 0.5) is 0 Å². The van der Waals surface area contributed by atoms with E-state index in [4.69, 9.17) is 9.47 Å². The van der Waals surface area contributed by atoms with E-state index in [1.165, 1.54) is 109 Å². The van der Waals surface area contributed by atoms with Gasteiger partial charge in [-0.2, -0.15) is 9.97 Å². The van der Waals surface area contributed by atoms with Crippen molar-refractivity contribution >= 4 is 0 Å². The summed E-state index contributed by atoms with van der Waals surface area (Å²) in [5.74, 6) is 0. The monoisotopic (exact) mass is 405 g/mol. The molecule has 0 bridgehead atoms. The fraction of sp³-hybridized carbons (Fsp3) is 0.875. The van der Waals surface area contributed by atoms with Crippen molar-refractivity contribution in [3.8, 4) is 6.01 Å². The molecule has 0 spiro atoms. The first kappa shape index (κ1) is 24.0. The van der Waals surface area contributed by atoms with Crippen molar-refractivity contribution in [2.75, 3.05) is 6.61 Å². The summed E-state index contributed by atoms with van der Waals surface area (Å²) in [5, 5.41) is 0. The van der Waals surface area contributed by atoms with Crippen LogP contribution < -0.4 is 4.74 Å². The van der Waals surface area contributed by atoms with Crippen molar-refractivity contribution in [2.45, 2.75) is 128 Å². The summed E-state index contributed by atoms with van der Waals surface area (Å²) < 4.78 is 11.3. The predicted octanol–water partition coefficient (Wildman–Crippen LogP) is 6.67. The van der Waals surface area contributed by atoms with Gasteiger partial charge in [-0.05, 0) is 12.8 Å². The first-order valence-electron chi connectivity index (χ1n) is 12.3. The van der Waals surface area contributed by atoms with E-state index in [2.05, 4.69) is 21.9 Å². The molecule has 2 unspecified atom stereocenters. The van der Waals surface area contributed by atoms with E-state index in [9.17, 15) is 0 Å². The predicted molar refractivity (Wildman–Crippen MR) is 118 cm³/mol. The molecular formula is C24H43N3O2. The van der Waals surface area contributed by atoms with E-state index in [-0.39, 0.29) is 6.10 Å². The largest absolute Gasteiger partial charge is 0.460 e. The molecule has 1 saturated heterocycles. The van der Waals surface area contributed by atoms with Crippen LogP contribution in [0.25, 0.3) is 0 Å². The highest BCUT2D eigenvalue weighted by atomic mass is 16.6. The number of epoxide rings is 1. The second kappa shape index (κ2) is 16.6. The van der Waals surface area contributed by atoms with Crippen molar-refractivity contribution in [1.82, 2.24) is 15.0 Å². The first-order chi connectivity index (χ1) is 14.4. The molecular weight excluding hydrogens is 362 g/mol. The Morgan fingerprint density at radius 2 is 1.31 bits per heavy atom. The summed E-state index contributed by atoms with van der Waals surface area (Å²) in [6.45, 7) is 3.16. The van der Waals surface area contributed by atoms with Gasteiger partial charge in [0.1, 0.15) is 18.8 Å². The summed E-state index contributed by atoms with van der Waals surface area (Å²) in [5.41, 5.74) is 0. The molecule has 2 heterocycles. The number of hydrogen-bond donors (Lipinski definition) is 0. The molecule has 1 aliphatic heterocycles. The van der Waals surface area contributed by atoms with Gasteiger partial charge < -0.3 is 9.47 Å². The Hall–Kier alpha value is -1.23. The van der Waals surface area contributed by atoms with Crippen LogP contribution in [-0.4, -0.2) is 33.8 Å². The van der Waals surface area contributed by atoms with Gasteiger partial charge in [0.25, 0.3) is 0 Å². The van der Waals surface area contributed by atoms with Crippen LogP contribution >= 0.6 is 0 Å². The zero-order valence-electron chi connectivity index (χ0n) is 18.7. The number of ether oxygens (including phenoxy) is 2. The van der Waals surface area contributed by atoms with E-state index in [0.717, 1.165) is 19.4 Å². The SMILES string of the molecule is CCCCCCCCCCCCCCCCCC(CC1CO1)Oc1ncncn1. The fourth-order valence-electron chi connectivity index (χ4n) is 3.90. The van der Waals surface area contributed by atoms with Crippen molar-refractivity contribution in [2.24, 2.45) is 0 Å². The molecule has 2 atom stereocenters. The van der Waals surface area contributed by atoms with Crippen molar-refractivity contribution in [3.63, 3.8) is 0 Å². The highest BCUT2D eigenvalue weighted by Crippen LogP contribution is 2.22. The van der Waals surface area contributed by atoms with Crippen molar-refractivity contribution in [1.29, 1.82) is 0 Å². The maximum Gasteiger partial charge on any atom is 0.319 e. The Morgan fingerprint density at radius 3 is 1.79 bits per heavy atom. The van der Waals surface area contributed by atoms with Gasteiger partial charge in [-0.1, -0.05) is 96.8 Å². The fourth-order valence-corrected chi connectivity index (χ4v) is 3.90. The molecule has 2 rings (SSSR count). The molecule has 29 heavy (non-hydrogen) atoms. The Balaban J connectivity index is 1.37. The molecule has 1 aromatic rings. The van der Waals surface area contributed by atoms with Crippen LogP contribution in [0.1, 0.15) is 116 Å². The summed E-state index contributed by atoms with van der Waals surface area (Å²) in [7, 11) is 0. The quantitative estimate of drug-likeness (QED) is 0.179. The van der Waals surface area contributed by atoms with E-state index >= 15 is 0 Å². The molecule has 0 aliphatic carbocycles. The lowest BCUT2D eigenvalue weighted by Gasteiger charge is -2.16. The Kier molecular flexibility index (Phi) is 13.7. The maximum absolute atomic E-state index is 5.94. The summed E-state index contributed by atoms with van der Waals surface area (Å²) >= 11 is 0. The Morgan fingerprint density at radius 1 is 0.828 bits per heavy atom. The molecule has 1 fully saturated rings. The molecule has 1 aromatic heterocycles. The van der Waals surface area contributed by atoms with Gasteiger partial charge >= 0.3 is 6.01 Å². The zero-order chi connectivity index (χ0) is 20.4. The van der Waals surface area contributed by atoms with Crippen molar-refractivity contribution < 1.29 is 9.47 Å². The highest BCUT2D eigenvalue weighted by molar-refractivity contribution is 4.90. The molecule has 0 amide bonds. The average Bonchev–Trinajstić information content (AvgIpc) is 3.55. The minimum Gasteiger partial charge on any atom is -0.460 e. The van der Waals surface area contributed by atoms with Gasteiger partial charge in [0.15, 0.2) is 0 Å². The van der Waals surface area contributed by atoms with Crippen LogP contribution in [0.5, 0.6) is 6.01 Å². The zero-order valence-corrected chi connectivity index (χ0v) is 18.7. The number of nitrogens with zero attached hydrogens (tertiary/aromatic N) is 3. The van der Waals surface area contributed by atoms with Gasteiger partial charge in [-0.3, -0.25) is 0 Å². The standard InChI is InChI=1S/C24H43N3O2/c1-2-3-4-5-6-7-8-9-10-11-12-13-14-15-16-17-22(18-23-19-28-23)29-24-26-20-25-21-27-24/h20-23H,2-19H2,1H3. The van der Waals surface area contributed by atoms with Crippen molar-refractivity contribution in [3.05, 3.63) is 12.7 Å². The third-order valence-corrected chi connectivity index (χ3v) is 5.80. The first-order valence-corrected chi connectivity index (χ1v) is 12.3. The van der Waals surface area contributed by atoms with Crippen LogP contribution in [0.2, 0.25) is 0 Å². The van der Waals surface area contributed by atoms with Crippen LogP contribution in [0.3, 0.4) is 0 Å². The van der Waals surface area contributed by atoms with E-state index in [1.807, 2.05) is 0 Å². The molecule has 0 radical (unpaired) electrons. The minimum absolute atomic E-state index is 0.159. The van der Waals surface area contributed by atoms with E-state index in [0.29, 0.717) is 12.1 Å². The van der Waals surface area contributed by atoms with Gasteiger partial charge in [-0.15, -0.1) is 0 Å². The van der Waals surface area contributed by atoms with Crippen LogP contribution in [0, 0.1) is 0 Å². The number of hydrogen-bond acceptors (Lipinski definition) is 5. The molecule has 0 saturated carbocycles. The number of unbranched alkanes of at least 4 members (excludes halogenated alkanes) is 14. The summed E-state index contributed by atoms with van der Waals surface area (Å²) in [4.78, 5) is 12.0. The number of aromatic nitrogens is 3. The van der Waals surface area contributed by atoms with Gasteiger partial charge in [0.2, 0.25) is 0 Å². The van der Waals surface area contributed by atoms with Crippen LogP contribution in [-0.2, 0) is 4.74 Å². The van der Waals surface area contributed by atoms with Crippen LogP contribution in [0.15, 0.2) is 12.7 Å². The normalized spacial score (nSPS) is 16.7. The number of rotatable bonds is 20. The molecule has 0 aromatic carbocycles. The summed E-state index contributed by atoms with van der Waals surface area (Å²) in [6, 6.07) is 0.437. The average molecular weight is 406 g/mol. The van der Waals surface area contributed by atoms with Gasteiger partial charge in [-0.25, -0.2) is 4.98 Å². The molecule has 5 nitrogen and oxygen atoms in total. The maximum atomic E-state index is 5.94. The second-order valence-corrected chi connectivity index (χ2v) is 8.59. The second-order valence-electron chi connectivity index (χ2n) is 8.59. The van der Waals surface area contributed by atoms with Gasteiger partial charge in [0.05, 0.1) is 12.7 Å². The van der Waals surface area contributed by atoms with E-state index in [1.54, 1.807) is 0 Å². The summed E-state index contributed by atoms with van der Waals surface area (Å²) in [6.07, 6.45) is 26.4. The molecule has 0 N–H and O–H groups in total. The van der Waals surface area contributed by atoms with Gasteiger partial charge in [0, 0.05) is 6.42 Å². The lowest BCUT2D eigenvalue weighted by Crippen LogP contribution is -2.20. The third-order valence-electron chi connectivity index (χ3n) is 5.80. The molecule has 166 valence electrons. The molecule has 5 heteroatoms. The lowest BCUT2D eigenvalue weighted by molar-refractivity contribution is 0.149. The highest BCUT2D eigenvalue weighted by Gasteiger charge is 2.27. The smallest absolute Gasteiger partial charge is 0.319 e. The lowest BCUT2D eigenvalue weighted by atomic mass is 10.0. The van der Waals surface area contributed by atoms with E-state index < -0.39 is 0 Å². The third kappa shape index (κ3) is 13.6. The molecule has 1 aliphatic rings. The Bertz CT molecular complexity index is 482. The topological polar surface area (TPSA) is 60.4 Å². The minimum atomic E-state index is 0.159.